The van der Waals surface area contributed by atoms with E-state index in [-0.39, 0.29) is 5.82 Å². The molecule has 3 aromatic rings. The van der Waals surface area contributed by atoms with Crippen molar-refractivity contribution in [3.8, 4) is 0 Å². The van der Waals surface area contributed by atoms with Gasteiger partial charge in [0.15, 0.2) is 0 Å². The number of rotatable bonds is 4. The summed E-state index contributed by atoms with van der Waals surface area (Å²) >= 11 is 4.98. The van der Waals surface area contributed by atoms with Crippen LogP contribution < -0.4 is 5.73 Å². The molecule has 6 heteroatoms. The van der Waals surface area contributed by atoms with Crippen molar-refractivity contribution in [3.63, 3.8) is 0 Å². The van der Waals surface area contributed by atoms with E-state index in [9.17, 15) is 4.39 Å². The Hall–Kier alpha value is -2.34. The molecule has 106 valence electrons. The van der Waals surface area contributed by atoms with Crippen LogP contribution in [0.2, 0.25) is 0 Å². The molecule has 0 fully saturated rings. The zero-order chi connectivity index (χ0) is 14.8. The van der Waals surface area contributed by atoms with Crippen LogP contribution in [0.3, 0.4) is 0 Å². The fourth-order valence-corrected chi connectivity index (χ4v) is 2.45. The summed E-state index contributed by atoms with van der Waals surface area (Å²) in [6.07, 6.45) is 3.24. The van der Waals surface area contributed by atoms with Crippen molar-refractivity contribution >= 4 is 28.2 Å². The molecule has 0 atom stereocenters. The number of nitrogens with two attached hydrogens (primary N) is 1. The van der Waals surface area contributed by atoms with Gasteiger partial charge < -0.3 is 10.3 Å². The molecule has 2 N–H and O–H groups in total. The number of hydrogen-bond donors (Lipinski definition) is 1. The average molecular weight is 300 g/mol. The zero-order valence-corrected chi connectivity index (χ0v) is 12.0. The van der Waals surface area contributed by atoms with E-state index < -0.39 is 0 Å². The van der Waals surface area contributed by atoms with Gasteiger partial charge in [-0.3, -0.25) is 4.98 Å². The Morgan fingerprint density at radius 1 is 1.29 bits per heavy atom. The lowest BCUT2D eigenvalue weighted by atomic mass is 10.2. The number of hydrogen-bond acceptors (Lipinski definition) is 3. The molecule has 0 aliphatic rings. The molecular weight excluding hydrogens is 287 g/mol. The smallest absolute Gasteiger partial charge is 0.141 e. The Balaban J connectivity index is 2.08. The number of halogens is 1. The molecule has 0 unspecified atom stereocenters. The van der Waals surface area contributed by atoms with Gasteiger partial charge in [0, 0.05) is 6.20 Å². The maximum absolute atomic E-state index is 13.3. The number of aromatic nitrogens is 3. The molecule has 2 heterocycles. The van der Waals surface area contributed by atoms with Gasteiger partial charge in [0.2, 0.25) is 0 Å². The third-order valence-corrected chi connectivity index (χ3v) is 3.31. The standard InChI is InChI=1S/C15H13FN4S/c16-11-5-10(7-18-8-11)9-20-13-4-2-1-3-12(13)19-15(20)6-14(17)21/h1-5,7-8H,6,9H2,(H2,17,21). The Labute approximate surface area is 126 Å². The SMILES string of the molecule is NC(=S)Cc1nc2ccccc2n1Cc1cncc(F)c1. The van der Waals surface area contributed by atoms with Crippen molar-refractivity contribution in [1.82, 2.24) is 14.5 Å². The molecule has 1 aromatic carbocycles. The first-order valence-electron chi connectivity index (χ1n) is 6.45. The van der Waals surface area contributed by atoms with E-state index in [4.69, 9.17) is 18.0 Å². The molecule has 0 saturated carbocycles. The largest absolute Gasteiger partial charge is 0.393 e. The van der Waals surface area contributed by atoms with Gasteiger partial charge in [-0.25, -0.2) is 9.37 Å². The third-order valence-electron chi connectivity index (χ3n) is 3.17. The second-order valence-electron chi connectivity index (χ2n) is 4.76. The van der Waals surface area contributed by atoms with E-state index >= 15 is 0 Å². The van der Waals surface area contributed by atoms with Gasteiger partial charge in [0.25, 0.3) is 0 Å². The normalized spacial score (nSPS) is 10.9. The second kappa shape index (κ2) is 5.57. The summed E-state index contributed by atoms with van der Waals surface area (Å²) < 4.78 is 15.3. The van der Waals surface area contributed by atoms with Crippen molar-refractivity contribution in [2.24, 2.45) is 5.73 Å². The van der Waals surface area contributed by atoms with E-state index in [2.05, 4.69) is 9.97 Å². The Morgan fingerprint density at radius 2 is 2.10 bits per heavy atom. The molecule has 21 heavy (non-hydrogen) atoms. The van der Waals surface area contributed by atoms with E-state index in [1.807, 2.05) is 28.8 Å². The van der Waals surface area contributed by atoms with Gasteiger partial charge in [-0.15, -0.1) is 0 Å². The minimum Gasteiger partial charge on any atom is -0.393 e. The Bertz CT molecular complexity index is 812. The van der Waals surface area contributed by atoms with Gasteiger partial charge in [-0.2, -0.15) is 0 Å². The van der Waals surface area contributed by atoms with Crippen LogP contribution in [-0.4, -0.2) is 19.5 Å². The number of imidazole rings is 1. The first kappa shape index (κ1) is 13.6. The number of pyridine rings is 1. The van der Waals surface area contributed by atoms with Crippen molar-refractivity contribution in [3.05, 3.63) is 59.9 Å². The van der Waals surface area contributed by atoms with E-state index in [0.29, 0.717) is 18.0 Å². The number of nitrogens with zero attached hydrogens (tertiary/aromatic N) is 3. The summed E-state index contributed by atoms with van der Waals surface area (Å²) in [6, 6.07) is 9.23. The molecule has 0 spiro atoms. The molecule has 0 saturated heterocycles. The van der Waals surface area contributed by atoms with Crippen molar-refractivity contribution in [2.75, 3.05) is 0 Å². The predicted molar refractivity (Wildman–Crippen MR) is 83.5 cm³/mol. The minimum absolute atomic E-state index is 0.354. The highest BCUT2D eigenvalue weighted by molar-refractivity contribution is 7.80. The molecule has 4 nitrogen and oxygen atoms in total. The van der Waals surface area contributed by atoms with E-state index in [0.717, 1.165) is 22.4 Å². The maximum atomic E-state index is 13.3. The van der Waals surface area contributed by atoms with Crippen LogP contribution in [0.1, 0.15) is 11.4 Å². The first-order chi connectivity index (χ1) is 10.1. The minimum atomic E-state index is -0.354. The predicted octanol–water partition coefficient (Wildman–Crippen LogP) is 2.45. The molecule has 2 aromatic heterocycles. The van der Waals surface area contributed by atoms with Crippen LogP contribution in [0.4, 0.5) is 4.39 Å². The summed E-state index contributed by atoms with van der Waals surface area (Å²) in [4.78, 5) is 8.81. The van der Waals surface area contributed by atoms with Crippen molar-refractivity contribution in [1.29, 1.82) is 0 Å². The summed E-state index contributed by atoms with van der Waals surface area (Å²) in [5.41, 5.74) is 8.24. The first-order valence-corrected chi connectivity index (χ1v) is 6.86. The summed E-state index contributed by atoms with van der Waals surface area (Å²) in [7, 11) is 0. The van der Waals surface area contributed by atoms with Crippen LogP contribution in [0, 0.1) is 5.82 Å². The van der Waals surface area contributed by atoms with Crippen molar-refractivity contribution < 1.29 is 4.39 Å². The van der Waals surface area contributed by atoms with Crippen LogP contribution in [0.15, 0.2) is 42.7 Å². The van der Waals surface area contributed by atoms with Crippen LogP contribution in [0.5, 0.6) is 0 Å². The summed E-state index contributed by atoms with van der Waals surface area (Å²) in [6.45, 7) is 0.475. The zero-order valence-electron chi connectivity index (χ0n) is 11.2. The maximum Gasteiger partial charge on any atom is 0.141 e. The van der Waals surface area contributed by atoms with Crippen LogP contribution in [0.25, 0.3) is 11.0 Å². The molecular formula is C15H13FN4S. The fourth-order valence-electron chi connectivity index (χ4n) is 2.32. The second-order valence-corrected chi connectivity index (χ2v) is 5.28. The quantitative estimate of drug-likeness (QED) is 0.752. The van der Waals surface area contributed by atoms with Gasteiger partial charge in [0.05, 0.1) is 35.2 Å². The van der Waals surface area contributed by atoms with Gasteiger partial charge in [-0.05, 0) is 23.8 Å². The molecule has 0 aliphatic carbocycles. The highest BCUT2D eigenvalue weighted by Crippen LogP contribution is 2.18. The Kier molecular flexibility index (Phi) is 3.62. The number of thiocarbonyl (C=S) groups is 1. The van der Waals surface area contributed by atoms with E-state index in [1.165, 1.54) is 12.3 Å². The summed E-state index contributed by atoms with van der Waals surface area (Å²) in [5.74, 6) is 0.417. The fraction of sp³-hybridized carbons (Fsp3) is 0.133. The lowest BCUT2D eigenvalue weighted by molar-refractivity contribution is 0.616. The van der Waals surface area contributed by atoms with Gasteiger partial charge in [0.1, 0.15) is 11.6 Å². The molecule has 0 radical (unpaired) electrons. The number of benzene rings is 1. The Morgan fingerprint density at radius 3 is 2.86 bits per heavy atom. The third kappa shape index (κ3) is 2.90. The number of para-hydroxylation sites is 2. The topological polar surface area (TPSA) is 56.7 Å². The lowest BCUT2D eigenvalue weighted by Crippen LogP contribution is -2.16. The highest BCUT2D eigenvalue weighted by atomic mass is 32.1. The number of fused-ring (bicyclic) bond motifs is 1. The van der Waals surface area contributed by atoms with Crippen LogP contribution >= 0.6 is 12.2 Å². The van der Waals surface area contributed by atoms with E-state index in [1.54, 1.807) is 6.20 Å². The van der Waals surface area contributed by atoms with Crippen molar-refractivity contribution in [2.45, 2.75) is 13.0 Å². The van der Waals surface area contributed by atoms with Crippen LogP contribution in [-0.2, 0) is 13.0 Å². The monoisotopic (exact) mass is 300 g/mol. The van der Waals surface area contributed by atoms with Gasteiger partial charge in [-0.1, -0.05) is 24.4 Å². The highest BCUT2D eigenvalue weighted by Gasteiger charge is 2.12. The molecule has 0 amide bonds. The van der Waals surface area contributed by atoms with Gasteiger partial charge >= 0.3 is 0 Å². The molecule has 0 bridgehead atoms. The lowest BCUT2D eigenvalue weighted by Gasteiger charge is -2.09. The average Bonchev–Trinajstić information content (AvgIpc) is 2.76. The molecule has 3 rings (SSSR count). The summed E-state index contributed by atoms with van der Waals surface area (Å²) in [5, 5.41) is 0. The molecule has 0 aliphatic heterocycles.